The van der Waals surface area contributed by atoms with Gasteiger partial charge in [-0.2, -0.15) is 0 Å². The number of aryl methyl sites for hydroxylation is 1. The third-order valence-electron chi connectivity index (χ3n) is 4.34. The first-order valence-electron chi connectivity index (χ1n) is 8.74. The van der Waals surface area contributed by atoms with Crippen LogP contribution in [0.1, 0.15) is 42.4 Å². The van der Waals surface area contributed by atoms with Crippen LogP contribution < -0.4 is 10.6 Å². The van der Waals surface area contributed by atoms with E-state index in [1.54, 1.807) is 12.5 Å². The Bertz CT molecular complexity index is 842. The number of carbonyl (C=O) groups excluding carboxylic acids is 1. The molecule has 6 nitrogen and oxygen atoms in total. The van der Waals surface area contributed by atoms with Crippen LogP contribution in [0.15, 0.2) is 55.0 Å². The molecule has 1 aromatic carbocycles. The Kier molecular flexibility index (Phi) is 5.63. The lowest BCUT2D eigenvalue weighted by molar-refractivity contribution is 0.251. The molecule has 6 heteroatoms. The number of nitrogens with one attached hydrogen (secondary N) is 3. The third kappa shape index (κ3) is 4.27. The number of carbonyl (C=O) groups is 1. The molecule has 134 valence electrons. The fourth-order valence-corrected chi connectivity index (χ4v) is 2.86. The van der Waals surface area contributed by atoms with Crippen molar-refractivity contribution in [1.82, 2.24) is 20.3 Å². The zero-order chi connectivity index (χ0) is 18.4. The first-order valence-corrected chi connectivity index (χ1v) is 8.74. The van der Waals surface area contributed by atoms with Crippen LogP contribution >= 0.6 is 0 Å². The van der Waals surface area contributed by atoms with Crippen LogP contribution in [0.2, 0.25) is 0 Å². The van der Waals surface area contributed by atoms with E-state index in [1.165, 1.54) is 5.56 Å². The Morgan fingerprint density at radius 3 is 2.65 bits per heavy atom. The van der Waals surface area contributed by atoms with Gasteiger partial charge in [0.1, 0.15) is 0 Å². The van der Waals surface area contributed by atoms with E-state index >= 15 is 0 Å². The number of hydrogen-bond donors (Lipinski definition) is 3. The second-order valence-electron chi connectivity index (χ2n) is 6.09. The molecule has 2 amide bonds. The fourth-order valence-electron chi connectivity index (χ4n) is 2.86. The summed E-state index contributed by atoms with van der Waals surface area (Å²) >= 11 is 0. The van der Waals surface area contributed by atoms with Gasteiger partial charge in [-0.25, -0.2) is 9.78 Å². The Balaban J connectivity index is 1.58. The lowest BCUT2D eigenvalue weighted by atomic mass is 9.95. The van der Waals surface area contributed by atoms with Crippen LogP contribution in [0, 0.1) is 0 Å². The number of pyridine rings is 1. The van der Waals surface area contributed by atoms with Crippen molar-refractivity contribution in [2.45, 2.75) is 32.7 Å². The molecule has 0 unspecified atom stereocenters. The van der Waals surface area contributed by atoms with Gasteiger partial charge >= 0.3 is 6.03 Å². The van der Waals surface area contributed by atoms with Crippen LogP contribution in [-0.2, 0) is 13.0 Å². The van der Waals surface area contributed by atoms with Crippen LogP contribution in [0.4, 0.5) is 10.5 Å². The highest BCUT2D eigenvalue weighted by Crippen LogP contribution is 2.26. The van der Waals surface area contributed by atoms with Crippen molar-refractivity contribution in [2.75, 3.05) is 5.32 Å². The third-order valence-corrected chi connectivity index (χ3v) is 4.34. The minimum absolute atomic E-state index is 0.222. The van der Waals surface area contributed by atoms with Crippen molar-refractivity contribution in [3.63, 3.8) is 0 Å². The normalized spacial score (nSPS) is 11.8. The molecule has 0 saturated heterocycles. The first kappa shape index (κ1) is 17.7. The largest absolute Gasteiger partial charge is 0.348 e. The Hall–Kier alpha value is -3.15. The summed E-state index contributed by atoms with van der Waals surface area (Å²) in [6, 6.07) is 13.2. The molecule has 3 N–H and O–H groups in total. The monoisotopic (exact) mass is 349 g/mol. The van der Waals surface area contributed by atoms with Crippen molar-refractivity contribution in [1.29, 1.82) is 0 Å². The van der Waals surface area contributed by atoms with Crippen molar-refractivity contribution in [3.05, 3.63) is 77.6 Å². The van der Waals surface area contributed by atoms with Crippen molar-refractivity contribution >= 4 is 11.7 Å². The molecular formula is C20H23N5O. The average Bonchev–Trinajstić information content (AvgIpc) is 3.16. The topological polar surface area (TPSA) is 82.7 Å². The van der Waals surface area contributed by atoms with Crippen molar-refractivity contribution < 1.29 is 4.79 Å². The lowest BCUT2D eigenvalue weighted by Crippen LogP contribution is -2.28. The number of amides is 2. The van der Waals surface area contributed by atoms with Gasteiger partial charge in [-0.1, -0.05) is 32.0 Å². The number of imidazole rings is 1. The van der Waals surface area contributed by atoms with E-state index in [4.69, 9.17) is 0 Å². The molecule has 3 aromatic rings. The van der Waals surface area contributed by atoms with Crippen molar-refractivity contribution in [3.8, 4) is 0 Å². The predicted octanol–water partition coefficient (Wildman–Crippen LogP) is 3.84. The number of aromatic nitrogens is 3. The van der Waals surface area contributed by atoms with Gasteiger partial charge in [0.15, 0.2) is 0 Å². The average molecular weight is 349 g/mol. The maximum atomic E-state index is 12.0. The zero-order valence-electron chi connectivity index (χ0n) is 15.0. The Morgan fingerprint density at radius 1 is 1.15 bits per heavy atom. The summed E-state index contributed by atoms with van der Waals surface area (Å²) in [5.41, 5.74) is 4.97. The number of H-pyrrole nitrogens is 1. The quantitative estimate of drug-likeness (QED) is 0.632. The molecule has 0 aliphatic carbocycles. The molecule has 0 spiro atoms. The number of anilines is 1. The van der Waals surface area contributed by atoms with Crippen molar-refractivity contribution in [2.24, 2.45) is 0 Å². The standard InChI is InChI=1S/C20H23N5O/c1-3-18-19(24-13-23-18)14(2)15-7-9-16(10-8-15)25-20(26)22-12-17-6-4-5-11-21-17/h4-11,13-14H,3,12H2,1-2H3,(H,23,24)(H2,22,25,26)/t14-/m1/s1. The maximum absolute atomic E-state index is 12.0. The molecule has 2 aromatic heterocycles. The molecule has 0 fully saturated rings. The highest BCUT2D eigenvalue weighted by molar-refractivity contribution is 5.89. The minimum atomic E-state index is -0.252. The van der Waals surface area contributed by atoms with Gasteiger partial charge in [0.05, 0.1) is 24.3 Å². The zero-order valence-corrected chi connectivity index (χ0v) is 15.0. The summed E-state index contributed by atoms with van der Waals surface area (Å²) < 4.78 is 0. The summed E-state index contributed by atoms with van der Waals surface area (Å²) in [6.07, 6.45) is 4.35. The van der Waals surface area contributed by atoms with Crippen LogP contribution in [-0.4, -0.2) is 21.0 Å². The molecular weight excluding hydrogens is 326 g/mol. The van der Waals surface area contributed by atoms with Gasteiger partial charge in [0.25, 0.3) is 0 Å². The van der Waals surface area contributed by atoms with E-state index < -0.39 is 0 Å². The fraction of sp³-hybridized carbons (Fsp3) is 0.250. The number of aromatic amines is 1. The highest BCUT2D eigenvalue weighted by atomic mass is 16.2. The van der Waals surface area contributed by atoms with Gasteiger partial charge in [-0.15, -0.1) is 0 Å². The van der Waals surface area contributed by atoms with Crippen LogP contribution in [0.5, 0.6) is 0 Å². The molecule has 1 atom stereocenters. The number of nitrogens with zero attached hydrogens (tertiary/aromatic N) is 2. The van der Waals surface area contributed by atoms with Crippen LogP contribution in [0.25, 0.3) is 0 Å². The summed E-state index contributed by atoms with van der Waals surface area (Å²) in [6.45, 7) is 4.64. The van der Waals surface area contributed by atoms with E-state index in [1.807, 2.05) is 42.5 Å². The first-order chi connectivity index (χ1) is 12.7. The van der Waals surface area contributed by atoms with Gasteiger partial charge in [-0.3, -0.25) is 4.98 Å². The minimum Gasteiger partial charge on any atom is -0.348 e. The predicted molar refractivity (Wildman–Crippen MR) is 102 cm³/mol. The van der Waals surface area contributed by atoms with E-state index in [2.05, 4.69) is 39.4 Å². The summed E-state index contributed by atoms with van der Waals surface area (Å²) in [7, 11) is 0. The number of rotatable bonds is 6. The molecule has 0 aliphatic rings. The maximum Gasteiger partial charge on any atom is 0.319 e. The highest BCUT2D eigenvalue weighted by Gasteiger charge is 2.14. The number of hydrogen-bond acceptors (Lipinski definition) is 3. The summed E-state index contributed by atoms with van der Waals surface area (Å²) in [5, 5.41) is 5.63. The molecule has 0 aliphatic heterocycles. The SMILES string of the molecule is CCc1nc[nH]c1[C@H](C)c1ccc(NC(=O)NCc2ccccn2)cc1. The Morgan fingerprint density at radius 2 is 1.96 bits per heavy atom. The van der Waals surface area contributed by atoms with Gasteiger partial charge in [0, 0.05) is 23.5 Å². The lowest BCUT2D eigenvalue weighted by Gasteiger charge is -2.13. The molecule has 2 heterocycles. The molecule has 3 rings (SSSR count). The number of urea groups is 1. The van der Waals surface area contributed by atoms with E-state index in [9.17, 15) is 4.79 Å². The van der Waals surface area contributed by atoms with Gasteiger partial charge in [-0.05, 0) is 36.2 Å². The molecule has 26 heavy (non-hydrogen) atoms. The Labute approximate surface area is 153 Å². The van der Waals surface area contributed by atoms with Crippen LogP contribution in [0.3, 0.4) is 0 Å². The number of benzene rings is 1. The van der Waals surface area contributed by atoms with Gasteiger partial charge in [0.2, 0.25) is 0 Å². The van der Waals surface area contributed by atoms with E-state index in [-0.39, 0.29) is 11.9 Å². The van der Waals surface area contributed by atoms with E-state index in [0.29, 0.717) is 6.54 Å². The van der Waals surface area contributed by atoms with E-state index in [0.717, 1.165) is 29.2 Å². The second-order valence-corrected chi connectivity index (χ2v) is 6.09. The second kappa shape index (κ2) is 8.29. The summed E-state index contributed by atoms with van der Waals surface area (Å²) in [5.74, 6) is 0.222. The molecule has 0 saturated carbocycles. The summed E-state index contributed by atoms with van der Waals surface area (Å²) in [4.78, 5) is 23.8. The smallest absolute Gasteiger partial charge is 0.319 e. The van der Waals surface area contributed by atoms with Gasteiger partial charge < -0.3 is 15.6 Å². The molecule has 0 radical (unpaired) electrons. The molecule has 0 bridgehead atoms.